The standard InChI is InChI=1S/C21H20N4O2S/c1-15-7-9-16(10-8-15)13-25-20(27)17-5-2-3-6-18(17)24-21(25)28-14-19(26)23-12-4-11-22/h2-3,5-10H,4,12-14H2,1H3,(H,23,26). The number of para-hydroxylation sites is 1. The number of aryl methyl sites for hydroxylation is 1. The van der Waals surface area contributed by atoms with Gasteiger partial charge < -0.3 is 5.32 Å². The molecule has 28 heavy (non-hydrogen) atoms. The van der Waals surface area contributed by atoms with Crippen molar-refractivity contribution in [2.75, 3.05) is 12.3 Å². The zero-order valence-corrected chi connectivity index (χ0v) is 16.3. The summed E-state index contributed by atoms with van der Waals surface area (Å²) in [5, 5.41) is 12.3. The highest BCUT2D eigenvalue weighted by Gasteiger charge is 2.13. The summed E-state index contributed by atoms with van der Waals surface area (Å²) < 4.78 is 1.61. The maximum atomic E-state index is 13.0. The Kier molecular flexibility index (Phi) is 6.45. The number of hydrogen-bond donors (Lipinski definition) is 1. The Morgan fingerprint density at radius 3 is 2.71 bits per heavy atom. The van der Waals surface area contributed by atoms with Crippen LogP contribution >= 0.6 is 11.8 Å². The van der Waals surface area contributed by atoms with Crippen LogP contribution in [0.25, 0.3) is 10.9 Å². The lowest BCUT2D eigenvalue weighted by molar-refractivity contribution is -0.118. The van der Waals surface area contributed by atoms with Crippen molar-refractivity contribution < 1.29 is 4.79 Å². The molecule has 0 saturated carbocycles. The molecule has 0 unspecified atom stereocenters. The minimum Gasteiger partial charge on any atom is -0.354 e. The van der Waals surface area contributed by atoms with Gasteiger partial charge in [0.2, 0.25) is 5.91 Å². The number of nitrogens with zero attached hydrogens (tertiary/aromatic N) is 3. The Hall–Kier alpha value is -3.11. The summed E-state index contributed by atoms with van der Waals surface area (Å²) in [6.45, 7) is 2.71. The number of rotatable bonds is 7. The molecule has 3 aromatic rings. The summed E-state index contributed by atoms with van der Waals surface area (Å²) in [7, 11) is 0. The van der Waals surface area contributed by atoms with Gasteiger partial charge in [-0.25, -0.2) is 4.98 Å². The molecule has 1 amide bonds. The van der Waals surface area contributed by atoms with Crippen LogP contribution in [0.15, 0.2) is 58.5 Å². The van der Waals surface area contributed by atoms with E-state index in [1.807, 2.05) is 49.4 Å². The molecule has 3 rings (SSSR count). The topological polar surface area (TPSA) is 87.8 Å². The van der Waals surface area contributed by atoms with E-state index in [9.17, 15) is 9.59 Å². The van der Waals surface area contributed by atoms with E-state index in [4.69, 9.17) is 5.26 Å². The van der Waals surface area contributed by atoms with Gasteiger partial charge in [-0.05, 0) is 24.6 Å². The Morgan fingerprint density at radius 1 is 1.21 bits per heavy atom. The highest BCUT2D eigenvalue weighted by molar-refractivity contribution is 7.99. The molecule has 7 heteroatoms. The van der Waals surface area contributed by atoms with Crippen LogP contribution in [0.5, 0.6) is 0 Å². The number of aromatic nitrogens is 2. The first-order chi connectivity index (χ1) is 13.6. The van der Waals surface area contributed by atoms with Crippen molar-refractivity contribution in [1.82, 2.24) is 14.9 Å². The average molecular weight is 392 g/mol. The number of nitrogens with one attached hydrogen (secondary N) is 1. The van der Waals surface area contributed by atoms with E-state index >= 15 is 0 Å². The van der Waals surface area contributed by atoms with Crippen molar-refractivity contribution in [2.24, 2.45) is 0 Å². The third-order valence-electron chi connectivity index (χ3n) is 4.18. The van der Waals surface area contributed by atoms with Crippen molar-refractivity contribution >= 4 is 28.6 Å². The van der Waals surface area contributed by atoms with Gasteiger partial charge in [0.05, 0.1) is 35.7 Å². The average Bonchev–Trinajstić information content (AvgIpc) is 2.70. The van der Waals surface area contributed by atoms with E-state index in [2.05, 4.69) is 10.3 Å². The van der Waals surface area contributed by atoms with Crippen LogP contribution in [-0.4, -0.2) is 27.8 Å². The molecular weight excluding hydrogens is 372 g/mol. The Morgan fingerprint density at radius 2 is 1.96 bits per heavy atom. The molecule has 1 heterocycles. The third kappa shape index (κ3) is 4.78. The first-order valence-corrected chi connectivity index (χ1v) is 9.88. The number of carbonyl (C=O) groups excluding carboxylic acids is 1. The summed E-state index contributed by atoms with van der Waals surface area (Å²) in [5.74, 6) is -0.0612. The van der Waals surface area contributed by atoms with Gasteiger partial charge in [-0.2, -0.15) is 5.26 Å². The maximum Gasteiger partial charge on any atom is 0.262 e. The molecule has 0 aliphatic carbocycles. The summed E-state index contributed by atoms with van der Waals surface area (Å²) in [4.78, 5) is 29.7. The molecule has 0 atom stereocenters. The lowest BCUT2D eigenvalue weighted by Crippen LogP contribution is -2.27. The first-order valence-electron chi connectivity index (χ1n) is 8.90. The van der Waals surface area contributed by atoms with Gasteiger partial charge >= 0.3 is 0 Å². The molecule has 0 fully saturated rings. The highest BCUT2D eigenvalue weighted by Crippen LogP contribution is 2.19. The molecule has 0 aliphatic rings. The lowest BCUT2D eigenvalue weighted by Gasteiger charge is -2.13. The number of benzene rings is 2. The summed E-state index contributed by atoms with van der Waals surface area (Å²) >= 11 is 1.22. The molecule has 0 bridgehead atoms. The first kappa shape index (κ1) is 19.6. The van der Waals surface area contributed by atoms with Crippen LogP contribution in [-0.2, 0) is 11.3 Å². The normalized spacial score (nSPS) is 10.6. The SMILES string of the molecule is Cc1ccc(Cn2c(SCC(=O)NCCC#N)nc3ccccc3c2=O)cc1. The number of nitriles is 1. The van der Waals surface area contributed by atoms with Gasteiger partial charge in [0.1, 0.15) is 0 Å². The predicted octanol–water partition coefficient (Wildman–Crippen LogP) is 2.88. The van der Waals surface area contributed by atoms with Crippen LogP contribution in [0.3, 0.4) is 0 Å². The molecule has 1 aromatic heterocycles. The van der Waals surface area contributed by atoms with Gasteiger partial charge in [0.15, 0.2) is 5.16 Å². The van der Waals surface area contributed by atoms with Crippen LogP contribution in [0.1, 0.15) is 17.5 Å². The van der Waals surface area contributed by atoms with Crippen LogP contribution in [0.4, 0.5) is 0 Å². The second-order valence-electron chi connectivity index (χ2n) is 6.34. The molecule has 0 aliphatic heterocycles. The second kappa shape index (κ2) is 9.20. The van der Waals surface area contributed by atoms with E-state index < -0.39 is 0 Å². The van der Waals surface area contributed by atoms with Crippen molar-refractivity contribution in [2.45, 2.75) is 25.0 Å². The fraction of sp³-hybridized carbons (Fsp3) is 0.238. The molecule has 6 nitrogen and oxygen atoms in total. The summed E-state index contributed by atoms with van der Waals surface area (Å²) in [6, 6.07) is 17.2. The minimum atomic E-state index is -0.190. The molecule has 1 N–H and O–H groups in total. The summed E-state index contributed by atoms with van der Waals surface area (Å²) in [5.41, 5.74) is 2.63. The minimum absolute atomic E-state index is 0.126. The second-order valence-corrected chi connectivity index (χ2v) is 7.28. The fourth-order valence-corrected chi connectivity index (χ4v) is 3.54. The number of amides is 1. The molecule has 2 aromatic carbocycles. The number of fused-ring (bicyclic) bond motifs is 1. The third-order valence-corrected chi connectivity index (χ3v) is 5.16. The van der Waals surface area contributed by atoms with E-state index in [-0.39, 0.29) is 23.6 Å². The Balaban J connectivity index is 1.90. The molecular formula is C21H20N4O2S. The maximum absolute atomic E-state index is 13.0. The molecule has 0 saturated heterocycles. The van der Waals surface area contributed by atoms with E-state index in [1.54, 1.807) is 16.7 Å². The van der Waals surface area contributed by atoms with Crippen LogP contribution in [0, 0.1) is 18.3 Å². The fourth-order valence-electron chi connectivity index (χ4n) is 2.71. The van der Waals surface area contributed by atoms with Gasteiger partial charge in [-0.15, -0.1) is 0 Å². The van der Waals surface area contributed by atoms with E-state index in [0.717, 1.165) is 11.1 Å². The number of thioether (sulfide) groups is 1. The van der Waals surface area contributed by atoms with Crippen molar-refractivity contribution in [3.8, 4) is 6.07 Å². The van der Waals surface area contributed by atoms with Crippen LogP contribution in [0.2, 0.25) is 0 Å². The van der Waals surface area contributed by atoms with E-state index in [0.29, 0.717) is 29.1 Å². The number of carbonyl (C=O) groups is 1. The highest BCUT2D eigenvalue weighted by atomic mass is 32.2. The molecule has 0 spiro atoms. The van der Waals surface area contributed by atoms with Gasteiger partial charge in [-0.1, -0.05) is 53.7 Å². The largest absolute Gasteiger partial charge is 0.354 e. The van der Waals surface area contributed by atoms with Gasteiger partial charge in [-0.3, -0.25) is 14.2 Å². The monoisotopic (exact) mass is 392 g/mol. The van der Waals surface area contributed by atoms with Gasteiger partial charge in [0.25, 0.3) is 5.56 Å². The Labute approximate surface area is 167 Å². The van der Waals surface area contributed by atoms with Crippen molar-refractivity contribution in [3.05, 3.63) is 70.0 Å². The van der Waals surface area contributed by atoms with Crippen molar-refractivity contribution in [3.63, 3.8) is 0 Å². The zero-order chi connectivity index (χ0) is 19.9. The zero-order valence-electron chi connectivity index (χ0n) is 15.5. The summed E-state index contributed by atoms with van der Waals surface area (Å²) in [6.07, 6.45) is 0.267. The van der Waals surface area contributed by atoms with Crippen molar-refractivity contribution in [1.29, 1.82) is 5.26 Å². The molecule has 142 valence electrons. The number of hydrogen-bond acceptors (Lipinski definition) is 5. The van der Waals surface area contributed by atoms with Gasteiger partial charge in [0, 0.05) is 6.54 Å². The lowest BCUT2D eigenvalue weighted by atomic mass is 10.1. The van der Waals surface area contributed by atoms with Crippen LogP contribution < -0.4 is 10.9 Å². The molecule has 0 radical (unpaired) electrons. The quantitative estimate of drug-likeness (QED) is 0.379. The van der Waals surface area contributed by atoms with E-state index in [1.165, 1.54) is 11.8 Å². The Bertz CT molecular complexity index is 1080. The smallest absolute Gasteiger partial charge is 0.262 e. The predicted molar refractivity (Wildman–Crippen MR) is 110 cm³/mol.